The maximum Gasteiger partial charge on any atom is 0.310 e. The number of rotatable bonds is 8. The number of likely N-dealkylation sites (tertiary alicyclic amines) is 1. The normalized spacial score (nSPS) is 31.1. The summed E-state index contributed by atoms with van der Waals surface area (Å²) in [6, 6.07) is 5.04. The van der Waals surface area contributed by atoms with Gasteiger partial charge in [-0.05, 0) is 43.0 Å². The highest BCUT2D eigenvalue weighted by molar-refractivity contribution is 6.30. The molecule has 0 unspecified atom stereocenters. The van der Waals surface area contributed by atoms with Gasteiger partial charge in [0.25, 0.3) is 5.91 Å². The van der Waals surface area contributed by atoms with E-state index >= 15 is 0 Å². The van der Waals surface area contributed by atoms with Crippen LogP contribution >= 0.6 is 11.6 Å². The lowest BCUT2D eigenvalue weighted by Crippen LogP contribution is -2.59. The number of carboxylic acid groups (broad SMARTS) is 1. The van der Waals surface area contributed by atoms with E-state index in [-0.39, 0.29) is 25.0 Å². The molecule has 3 aliphatic heterocycles. The maximum absolute atomic E-state index is 14.2. The molecule has 3 saturated heterocycles. The number of nitrogens with zero attached hydrogens (tertiary/aromatic N) is 2. The van der Waals surface area contributed by atoms with Crippen LogP contribution in [0, 0.1) is 17.8 Å². The summed E-state index contributed by atoms with van der Waals surface area (Å²) in [5, 5.41) is 20.6. The van der Waals surface area contributed by atoms with Crippen molar-refractivity contribution in [2.45, 2.75) is 50.5 Å². The molecule has 178 valence electrons. The van der Waals surface area contributed by atoms with Crippen LogP contribution in [0.25, 0.3) is 0 Å². The van der Waals surface area contributed by atoms with Crippen molar-refractivity contribution in [3.63, 3.8) is 0 Å². The zero-order chi connectivity index (χ0) is 24.1. The van der Waals surface area contributed by atoms with Crippen LogP contribution < -0.4 is 4.90 Å². The van der Waals surface area contributed by atoms with Crippen molar-refractivity contribution in [2.75, 3.05) is 18.1 Å². The molecule has 9 heteroatoms. The zero-order valence-electron chi connectivity index (χ0n) is 18.7. The molecule has 3 fully saturated rings. The lowest BCUT2D eigenvalue weighted by molar-refractivity contribution is -0.151. The Kier molecular flexibility index (Phi) is 6.28. The van der Waals surface area contributed by atoms with Crippen LogP contribution in [0.15, 0.2) is 36.9 Å². The third-order valence-electron chi connectivity index (χ3n) is 7.29. The number of benzene rings is 1. The Morgan fingerprint density at radius 1 is 1.36 bits per heavy atom. The number of aliphatic hydroxyl groups is 1. The number of anilines is 1. The molecule has 1 aromatic carbocycles. The van der Waals surface area contributed by atoms with Crippen molar-refractivity contribution in [1.29, 1.82) is 0 Å². The van der Waals surface area contributed by atoms with E-state index in [0.717, 1.165) is 0 Å². The summed E-state index contributed by atoms with van der Waals surface area (Å²) in [7, 11) is 0. The van der Waals surface area contributed by atoms with Gasteiger partial charge < -0.3 is 24.7 Å². The Labute approximate surface area is 197 Å². The lowest BCUT2D eigenvalue weighted by atomic mass is 9.70. The summed E-state index contributed by atoms with van der Waals surface area (Å²) in [5.74, 6) is -4.07. The molecule has 3 aliphatic rings. The summed E-state index contributed by atoms with van der Waals surface area (Å²) in [5.41, 5.74) is -0.667. The molecular formula is C24H29ClN2O6. The predicted molar refractivity (Wildman–Crippen MR) is 122 cm³/mol. The maximum atomic E-state index is 14.2. The third-order valence-corrected chi connectivity index (χ3v) is 7.54. The van der Waals surface area contributed by atoms with Crippen molar-refractivity contribution in [3.8, 4) is 0 Å². The minimum absolute atomic E-state index is 0.159. The molecule has 0 saturated carbocycles. The van der Waals surface area contributed by atoms with Crippen LogP contribution in [0.3, 0.4) is 0 Å². The van der Waals surface area contributed by atoms with E-state index in [4.69, 9.17) is 16.3 Å². The molecule has 0 aliphatic carbocycles. The first kappa shape index (κ1) is 23.7. The number of amides is 2. The Balaban J connectivity index is 1.84. The molecule has 6 atom stereocenters. The monoisotopic (exact) mass is 476 g/mol. The van der Waals surface area contributed by atoms with Crippen LogP contribution in [0.1, 0.15) is 26.7 Å². The van der Waals surface area contributed by atoms with E-state index in [1.165, 1.54) is 9.80 Å². The minimum atomic E-state index is -1.24. The Bertz CT molecular complexity index is 966. The highest BCUT2D eigenvalue weighted by Gasteiger charge is 2.75. The van der Waals surface area contributed by atoms with E-state index in [9.17, 15) is 24.6 Å². The average Bonchev–Trinajstić information content (AvgIpc) is 3.41. The molecule has 0 radical (unpaired) electrons. The number of fused-ring (bicyclic) bond motifs is 1. The molecule has 1 spiro atoms. The molecule has 4 rings (SSSR count). The molecule has 2 N–H and O–H groups in total. The SMILES string of the molecule is C=CCN(C(=O)[C@@H]1N([C@@H](CO)C(C)C)C(=O)[C@H]2[C@H](C(=O)O)[C@@H]3CC[C@]12O3)c1ccc(Cl)cc1. The van der Waals surface area contributed by atoms with Gasteiger partial charge in [-0.25, -0.2) is 0 Å². The molecule has 2 amide bonds. The van der Waals surface area contributed by atoms with Crippen LogP contribution in [-0.2, 0) is 19.1 Å². The fraction of sp³-hybridized carbons (Fsp3) is 0.542. The van der Waals surface area contributed by atoms with E-state index in [0.29, 0.717) is 23.6 Å². The molecular weight excluding hydrogens is 448 g/mol. The number of ether oxygens (including phenoxy) is 1. The molecule has 33 heavy (non-hydrogen) atoms. The number of aliphatic carboxylic acids is 1. The number of carboxylic acids is 1. The number of carbonyl (C=O) groups is 3. The van der Waals surface area contributed by atoms with Crippen molar-refractivity contribution in [2.24, 2.45) is 17.8 Å². The second-order valence-electron chi connectivity index (χ2n) is 9.35. The van der Waals surface area contributed by atoms with Crippen LogP contribution in [0.2, 0.25) is 5.02 Å². The van der Waals surface area contributed by atoms with Gasteiger partial charge in [0.05, 0.1) is 30.6 Å². The molecule has 3 heterocycles. The van der Waals surface area contributed by atoms with E-state index in [1.54, 1.807) is 30.3 Å². The van der Waals surface area contributed by atoms with Crippen molar-refractivity contribution in [3.05, 3.63) is 41.9 Å². The standard InChI is InChI=1S/C24H29ClN2O6/c1-4-11-26(15-7-5-14(25)6-8-15)22(30)20-24-10-9-17(33-24)18(23(31)32)19(24)21(29)27(20)16(12-28)13(2)3/h4-8,13,16-20,28H,1,9-12H2,2-3H3,(H,31,32)/t16-,17-,18+,19+,20-,24+/m0/s1. The summed E-state index contributed by atoms with van der Waals surface area (Å²) in [4.78, 5) is 42.9. The quantitative estimate of drug-likeness (QED) is 0.558. The third kappa shape index (κ3) is 3.55. The van der Waals surface area contributed by atoms with E-state index < -0.39 is 47.5 Å². The molecule has 1 aromatic rings. The first-order valence-corrected chi connectivity index (χ1v) is 11.6. The second-order valence-corrected chi connectivity index (χ2v) is 9.78. The fourth-order valence-corrected chi connectivity index (χ4v) is 5.98. The van der Waals surface area contributed by atoms with Gasteiger partial charge in [0.2, 0.25) is 5.91 Å². The van der Waals surface area contributed by atoms with Gasteiger partial charge in [0, 0.05) is 17.3 Å². The van der Waals surface area contributed by atoms with Gasteiger partial charge in [-0.2, -0.15) is 0 Å². The number of aliphatic hydroxyl groups excluding tert-OH is 1. The summed E-state index contributed by atoms with van der Waals surface area (Å²) in [6.07, 6.45) is 1.85. The predicted octanol–water partition coefficient (Wildman–Crippen LogP) is 2.34. The van der Waals surface area contributed by atoms with Crippen LogP contribution in [0.4, 0.5) is 5.69 Å². The number of hydrogen-bond acceptors (Lipinski definition) is 5. The summed E-state index contributed by atoms with van der Waals surface area (Å²) < 4.78 is 6.23. The van der Waals surface area contributed by atoms with E-state index in [2.05, 4.69) is 6.58 Å². The summed E-state index contributed by atoms with van der Waals surface area (Å²) >= 11 is 6.03. The first-order valence-electron chi connectivity index (χ1n) is 11.2. The van der Waals surface area contributed by atoms with E-state index in [1.807, 2.05) is 13.8 Å². The number of halogens is 1. The highest BCUT2D eigenvalue weighted by atomic mass is 35.5. The smallest absolute Gasteiger partial charge is 0.310 e. The average molecular weight is 477 g/mol. The topological polar surface area (TPSA) is 107 Å². The number of carbonyl (C=O) groups excluding carboxylic acids is 2. The molecule has 8 nitrogen and oxygen atoms in total. The highest BCUT2D eigenvalue weighted by Crippen LogP contribution is 2.59. The Morgan fingerprint density at radius 2 is 2.03 bits per heavy atom. The van der Waals surface area contributed by atoms with Gasteiger partial charge >= 0.3 is 5.97 Å². The van der Waals surface area contributed by atoms with Crippen molar-refractivity contribution >= 4 is 35.1 Å². The van der Waals surface area contributed by atoms with Gasteiger partial charge in [-0.15, -0.1) is 6.58 Å². The minimum Gasteiger partial charge on any atom is -0.481 e. The van der Waals surface area contributed by atoms with Crippen LogP contribution in [-0.4, -0.2) is 69.8 Å². The molecule has 0 aromatic heterocycles. The van der Waals surface area contributed by atoms with Crippen molar-refractivity contribution in [1.82, 2.24) is 4.90 Å². The number of hydrogen-bond donors (Lipinski definition) is 2. The Morgan fingerprint density at radius 3 is 2.58 bits per heavy atom. The van der Waals surface area contributed by atoms with Crippen LogP contribution in [0.5, 0.6) is 0 Å². The zero-order valence-corrected chi connectivity index (χ0v) is 19.4. The lowest BCUT2D eigenvalue weighted by Gasteiger charge is -2.40. The Hall–Kier alpha value is -2.42. The molecule has 2 bridgehead atoms. The largest absolute Gasteiger partial charge is 0.481 e. The van der Waals surface area contributed by atoms with Gasteiger partial charge in [0.1, 0.15) is 11.6 Å². The second kappa shape index (κ2) is 8.74. The van der Waals surface area contributed by atoms with Gasteiger partial charge in [0.15, 0.2) is 0 Å². The van der Waals surface area contributed by atoms with Gasteiger partial charge in [-0.1, -0.05) is 31.5 Å². The summed E-state index contributed by atoms with van der Waals surface area (Å²) in [6.45, 7) is 7.31. The first-order chi connectivity index (χ1) is 15.7. The fourth-order valence-electron chi connectivity index (χ4n) is 5.85. The van der Waals surface area contributed by atoms with Gasteiger partial charge in [-0.3, -0.25) is 14.4 Å². The van der Waals surface area contributed by atoms with Crippen molar-refractivity contribution < 1.29 is 29.3 Å².